The summed E-state index contributed by atoms with van der Waals surface area (Å²) in [6, 6.07) is 4.29. The number of ketones is 1. The summed E-state index contributed by atoms with van der Waals surface area (Å²) in [5, 5.41) is 18.7. The van der Waals surface area contributed by atoms with Crippen LogP contribution < -0.4 is 0 Å². The molecule has 0 amide bonds. The van der Waals surface area contributed by atoms with Gasteiger partial charge in [-0.3, -0.25) is 4.79 Å². The number of phenolic OH excluding ortho intramolecular Hbond substituents is 2. The van der Waals surface area contributed by atoms with Gasteiger partial charge in [0.25, 0.3) is 0 Å². The minimum absolute atomic E-state index is 0.0417. The lowest BCUT2D eigenvalue weighted by Crippen LogP contribution is -1.98. The van der Waals surface area contributed by atoms with Crippen molar-refractivity contribution in [2.75, 3.05) is 0 Å². The number of carbonyl (C=O) groups is 1. The van der Waals surface area contributed by atoms with Gasteiger partial charge in [0, 0.05) is 12.0 Å². The first kappa shape index (κ1) is 23.5. The third-order valence-electron chi connectivity index (χ3n) is 5.30. The Morgan fingerprint density at radius 1 is 0.667 bits per heavy atom. The third kappa shape index (κ3) is 11.7. The summed E-state index contributed by atoms with van der Waals surface area (Å²) < 4.78 is 0. The van der Waals surface area contributed by atoms with Crippen molar-refractivity contribution in [2.45, 2.75) is 110 Å². The average Bonchev–Trinajstić information content (AvgIpc) is 2.66. The monoisotopic (exact) mass is 376 g/mol. The van der Waals surface area contributed by atoms with Gasteiger partial charge in [0.15, 0.2) is 17.3 Å². The molecule has 0 aliphatic carbocycles. The lowest BCUT2D eigenvalue weighted by Gasteiger charge is -2.04. The highest BCUT2D eigenvalue weighted by molar-refractivity contribution is 5.96. The van der Waals surface area contributed by atoms with E-state index in [1.807, 2.05) is 0 Å². The molecule has 1 aromatic rings. The van der Waals surface area contributed by atoms with Crippen LogP contribution in [-0.4, -0.2) is 16.0 Å². The highest BCUT2D eigenvalue weighted by Crippen LogP contribution is 2.25. The predicted molar refractivity (Wildman–Crippen MR) is 114 cm³/mol. The summed E-state index contributed by atoms with van der Waals surface area (Å²) in [4.78, 5) is 12.0. The first-order chi connectivity index (χ1) is 13.1. The summed E-state index contributed by atoms with van der Waals surface area (Å²) in [6.45, 7) is 2.27. The van der Waals surface area contributed by atoms with Gasteiger partial charge in [0.05, 0.1) is 0 Å². The van der Waals surface area contributed by atoms with Crippen LogP contribution >= 0.6 is 0 Å². The second kappa shape index (κ2) is 15.5. The number of phenols is 2. The number of rotatable bonds is 17. The van der Waals surface area contributed by atoms with E-state index in [1.165, 1.54) is 95.6 Å². The Labute approximate surface area is 166 Å². The SMILES string of the molecule is CCCCCCCCCCCCCCCCCC(=O)c1ccc(O)c(O)c1. The van der Waals surface area contributed by atoms with Crippen molar-refractivity contribution < 1.29 is 15.0 Å². The van der Waals surface area contributed by atoms with Gasteiger partial charge < -0.3 is 10.2 Å². The molecule has 0 atom stereocenters. The number of unbranched alkanes of at least 4 members (excludes halogenated alkanes) is 14. The molecule has 0 spiro atoms. The number of benzene rings is 1. The molecule has 3 nitrogen and oxygen atoms in total. The molecule has 0 bridgehead atoms. The average molecular weight is 377 g/mol. The molecule has 0 heterocycles. The van der Waals surface area contributed by atoms with Crippen LogP contribution in [0.5, 0.6) is 11.5 Å². The Balaban J connectivity index is 1.87. The van der Waals surface area contributed by atoms with Crippen LogP contribution in [0.1, 0.15) is 120 Å². The number of aromatic hydroxyl groups is 2. The molecule has 154 valence electrons. The first-order valence-corrected chi connectivity index (χ1v) is 11.2. The Bertz CT molecular complexity index is 510. The van der Waals surface area contributed by atoms with Gasteiger partial charge in [-0.2, -0.15) is 0 Å². The van der Waals surface area contributed by atoms with E-state index in [0.717, 1.165) is 12.8 Å². The maximum Gasteiger partial charge on any atom is 0.163 e. The normalized spacial score (nSPS) is 11.0. The fraction of sp³-hybridized carbons (Fsp3) is 0.708. The van der Waals surface area contributed by atoms with Crippen LogP contribution in [0.4, 0.5) is 0 Å². The third-order valence-corrected chi connectivity index (χ3v) is 5.30. The zero-order valence-corrected chi connectivity index (χ0v) is 17.3. The molecule has 0 aliphatic rings. The van der Waals surface area contributed by atoms with E-state index < -0.39 is 0 Å². The van der Waals surface area contributed by atoms with E-state index in [9.17, 15) is 15.0 Å². The smallest absolute Gasteiger partial charge is 0.163 e. The maximum atomic E-state index is 12.0. The largest absolute Gasteiger partial charge is 0.504 e. The van der Waals surface area contributed by atoms with Gasteiger partial charge in [-0.25, -0.2) is 0 Å². The first-order valence-electron chi connectivity index (χ1n) is 11.2. The van der Waals surface area contributed by atoms with E-state index in [-0.39, 0.29) is 17.3 Å². The Hall–Kier alpha value is -1.51. The number of carbonyl (C=O) groups excluding carboxylic acids is 1. The molecule has 0 fully saturated rings. The Morgan fingerprint density at radius 2 is 1.11 bits per heavy atom. The molecule has 0 aliphatic heterocycles. The summed E-state index contributed by atoms with van der Waals surface area (Å²) in [6.07, 6.45) is 20.2. The zero-order valence-electron chi connectivity index (χ0n) is 17.3. The van der Waals surface area contributed by atoms with Crippen LogP contribution in [0.2, 0.25) is 0 Å². The van der Waals surface area contributed by atoms with E-state index in [4.69, 9.17) is 0 Å². The summed E-state index contributed by atoms with van der Waals surface area (Å²) >= 11 is 0. The molecule has 1 rings (SSSR count). The summed E-state index contributed by atoms with van der Waals surface area (Å²) in [7, 11) is 0. The molecule has 1 aromatic carbocycles. The van der Waals surface area contributed by atoms with Crippen LogP contribution in [0.25, 0.3) is 0 Å². The van der Waals surface area contributed by atoms with Crippen molar-refractivity contribution in [3.63, 3.8) is 0 Å². The van der Waals surface area contributed by atoms with Gasteiger partial charge in [-0.05, 0) is 24.6 Å². The molecular formula is C24H40O3. The van der Waals surface area contributed by atoms with Crippen molar-refractivity contribution >= 4 is 5.78 Å². The summed E-state index contributed by atoms with van der Waals surface area (Å²) in [5.74, 6) is -0.365. The minimum atomic E-state index is -0.225. The molecule has 0 saturated carbocycles. The molecule has 0 radical (unpaired) electrons. The molecule has 2 N–H and O–H groups in total. The highest BCUT2D eigenvalue weighted by atomic mass is 16.3. The Morgan fingerprint density at radius 3 is 1.56 bits per heavy atom. The molecular weight excluding hydrogens is 336 g/mol. The van der Waals surface area contributed by atoms with Crippen LogP contribution in [-0.2, 0) is 0 Å². The fourth-order valence-electron chi connectivity index (χ4n) is 3.50. The topological polar surface area (TPSA) is 57.5 Å². The standard InChI is InChI=1S/C24H40O3/c1-2-3-4-5-6-7-8-9-10-11-12-13-14-15-16-17-22(25)21-18-19-23(26)24(27)20-21/h18-20,26-27H,2-17H2,1H3. The van der Waals surface area contributed by atoms with Gasteiger partial charge >= 0.3 is 0 Å². The van der Waals surface area contributed by atoms with E-state index in [2.05, 4.69) is 6.92 Å². The fourth-order valence-corrected chi connectivity index (χ4v) is 3.50. The Kier molecular flexibility index (Phi) is 13.5. The van der Waals surface area contributed by atoms with Crippen molar-refractivity contribution in [3.05, 3.63) is 23.8 Å². The lowest BCUT2D eigenvalue weighted by atomic mass is 10.0. The number of Topliss-reactive ketones (excluding diaryl/α,β-unsaturated/α-hetero) is 1. The quantitative estimate of drug-likeness (QED) is 0.168. The van der Waals surface area contributed by atoms with Crippen molar-refractivity contribution in [1.82, 2.24) is 0 Å². The maximum absolute atomic E-state index is 12.0. The second-order valence-electron chi connectivity index (χ2n) is 7.83. The lowest BCUT2D eigenvalue weighted by molar-refractivity contribution is 0.0978. The van der Waals surface area contributed by atoms with E-state index in [1.54, 1.807) is 6.07 Å². The summed E-state index contributed by atoms with van der Waals surface area (Å²) in [5.41, 5.74) is 0.482. The van der Waals surface area contributed by atoms with Crippen LogP contribution in [0.3, 0.4) is 0 Å². The predicted octanol–water partition coefficient (Wildman–Crippen LogP) is 7.54. The van der Waals surface area contributed by atoms with Gasteiger partial charge in [0.2, 0.25) is 0 Å². The molecule has 27 heavy (non-hydrogen) atoms. The van der Waals surface area contributed by atoms with Gasteiger partial charge in [0.1, 0.15) is 0 Å². The van der Waals surface area contributed by atoms with Crippen molar-refractivity contribution in [2.24, 2.45) is 0 Å². The van der Waals surface area contributed by atoms with Crippen LogP contribution in [0.15, 0.2) is 18.2 Å². The van der Waals surface area contributed by atoms with Crippen molar-refractivity contribution in [1.29, 1.82) is 0 Å². The van der Waals surface area contributed by atoms with E-state index >= 15 is 0 Å². The zero-order chi connectivity index (χ0) is 19.7. The molecule has 0 saturated heterocycles. The molecule has 3 heteroatoms. The van der Waals surface area contributed by atoms with Gasteiger partial charge in [-0.15, -0.1) is 0 Å². The highest BCUT2D eigenvalue weighted by Gasteiger charge is 2.08. The second-order valence-corrected chi connectivity index (χ2v) is 7.83. The van der Waals surface area contributed by atoms with Crippen molar-refractivity contribution in [3.8, 4) is 11.5 Å². The van der Waals surface area contributed by atoms with Crippen LogP contribution in [0, 0.1) is 0 Å². The number of hydrogen-bond donors (Lipinski definition) is 2. The number of hydrogen-bond acceptors (Lipinski definition) is 3. The molecule has 0 unspecified atom stereocenters. The van der Waals surface area contributed by atoms with E-state index in [0.29, 0.717) is 12.0 Å². The van der Waals surface area contributed by atoms with Gasteiger partial charge in [-0.1, -0.05) is 96.8 Å². The minimum Gasteiger partial charge on any atom is -0.504 e. The molecule has 0 aromatic heterocycles.